The fourth-order valence-corrected chi connectivity index (χ4v) is 3.10. The van der Waals surface area contributed by atoms with E-state index in [0.29, 0.717) is 0 Å². The molecule has 1 unspecified atom stereocenters. The number of anilines is 2. The second-order valence-corrected chi connectivity index (χ2v) is 5.67. The summed E-state index contributed by atoms with van der Waals surface area (Å²) in [4.78, 5) is 11.3. The molecule has 2 aromatic rings. The van der Waals surface area contributed by atoms with E-state index in [2.05, 4.69) is 21.8 Å². The molecule has 4 nitrogen and oxygen atoms in total. The van der Waals surface area contributed by atoms with E-state index < -0.39 is 0 Å². The summed E-state index contributed by atoms with van der Waals surface area (Å²) in [5, 5.41) is 1.11. The minimum absolute atomic E-state index is 0.754. The van der Waals surface area contributed by atoms with E-state index in [4.69, 9.17) is 5.73 Å². The molecule has 1 aliphatic heterocycles. The predicted octanol–water partition coefficient (Wildman–Crippen LogP) is 3.23. The first-order chi connectivity index (χ1) is 9.78. The quantitative estimate of drug-likeness (QED) is 0.851. The van der Waals surface area contributed by atoms with Gasteiger partial charge in [-0.15, -0.1) is 0 Å². The number of hydrogen-bond donors (Lipinski definition) is 1. The minimum atomic E-state index is 0.754. The Morgan fingerprint density at radius 3 is 3.00 bits per heavy atom. The molecule has 1 fully saturated rings. The van der Waals surface area contributed by atoms with Gasteiger partial charge in [-0.3, -0.25) is 0 Å². The zero-order valence-corrected chi connectivity index (χ0v) is 12.0. The highest BCUT2D eigenvalue weighted by Gasteiger charge is 2.18. The highest BCUT2D eigenvalue weighted by molar-refractivity contribution is 5.91. The van der Waals surface area contributed by atoms with Gasteiger partial charge in [-0.2, -0.15) is 0 Å². The van der Waals surface area contributed by atoms with Crippen LogP contribution in [0.1, 0.15) is 32.6 Å². The lowest BCUT2D eigenvalue weighted by atomic mass is 9.98. The third-order valence-electron chi connectivity index (χ3n) is 4.36. The summed E-state index contributed by atoms with van der Waals surface area (Å²) in [6, 6.07) is 5.90. The monoisotopic (exact) mass is 270 g/mol. The maximum Gasteiger partial charge on any atom is 0.139 e. The molecular weight excluding hydrogens is 248 g/mol. The maximum atomic E-state index is 5.84. The van der Waals surface area contributed by atoms with Gasteiger partial charge in [0, 0.05) is 24.2 Å². The maximum absolute atomic E-state index is 5.84. The van der Waals surface area contributed by atoms with Gasteiger partial charge in [0.1, 0.15) is 12.1 Å². The molecule has 20 heavy (non-hydrogen) atoms. The normalized spacial score (nSPS) is 20.1. The van der Waals surface area contributed by atoms with Crippen LogP contribution in [0.4, 0.5) is 11.5 Å². The molecule has 0 amide bonds. The Bertz CT molecular complexity index is 596. The van der Waals surface area contributed by atoms with Crippen LogP contribution in [0.5, 0.6) is 0 Å². The van der Waals surface area contributed by atoms with Gasteiger partial charge in [0.2, 0.25) is 0 Å². The summed E-state index contributed by atoms with van der Waals surface area (Å²) in [5.41, 5.74) is 7.53. The SMILES string of the molecule is CCC1CCCN(c2ncnc3cc(N)ccc23)CC1. The van der Waals surface area contributed by atoms with Crippen molar-refractivity contribution in [3.63, 3.8) is 0 Å². The number of rotatable bonds is 2. The molecule has 3 rings (SSSR count). The van der Waals surface area contributed by atoms with Gasteiger partial charge in [-0.1, -0.05) is 13.3 Å². The highest BCUT2D eigenvalue weighted by atomic mass is 15.2. The predicted molar refractivity (Wildman–Crippen MR) is 83.8 cm³/mol. The van der Waals surface area contributed by atoms with E-state index in [1.54, 1.807) is 6.33 Å². The molecule has 2 N–H and O–H groups in total. The second kappa shape index (κ2) is 5.65. The summed E-state index contributed by atoms with van der Waals surface area (Å²) < 4.78 is 0. The average molecular weight is 270 g/mol. The van der Waals surface area contributed by atoms with Gasteiger partial charge in [-0.25, -0.2) is 9.97 Å². The van der Waals surface area contributed by atoms with Crippen LogP contribution in [0.25, 0.3) is 10.9 Å². The molecule has 0 bridgehead atoms. The van der Waals surface area contributed by atoms with E-state index >= 15 is 0 Å². The standard InChI is InChI=1S/C16H22N4/c1-2-12-4-3-8-20(9-7-12)16-14-6-5-13(17)10-15(14)18-11-19-16/h5-6,10-12H,2-4,7-9,17H2,1H3. The molecule has 1 atom stereocenters. The van der Waals surface area contributed by atoms with Crippen molar-refractivity contribution in [3.05, 3.63) is 24.5 Å². The van der Waals surface area contributed by atoms with Gasteiger partial charge in [0.05, 0.1) is 5.52 Å². The van der Waals surface area contributed by atoms with Crippen LogP contribution < -0.4 is 10.6 Å². The van der Waals surface area contributed by atoms with Crippen LogP contribution in [-0.2, 0) is 0 Å². The van der Waals surface area contributed by atoms with Crippen molar-refractivity contribution in [1.29, 1.82) is 0 Å². The lowest BCUT2D eigenvalue weighted by Crippen LogP contribution is -2.25. The van der Waals surface area contributed by atoms with Crippen LogP contribution >= 0.6 is 0 Å². The zero-order valence-electron chi connectivity index (χ0n) is 12.0. The number of nitrogens with zero attached hydrogens (tertiary/aromatic N) is 3. The first kappa shape index (κ1) is 13.2. The first-order valence-corrected chi connectivity index (χ1v) is 7.53. The number of hydrogen-bond acceptors (Lipinski definition) is 4. The third-order valence-corrected chi connectivity index (χ3v) is 4.36. The molecular formula is C16H22N4. The number of nitrogen functional groups attached to an aromatic ring is 1. The van der Waals surface area contributed by atoms with Crippen LogP contribution in [0.3, 0.4) is 0 Å². The van der Waals surface area contributed by atoms with E-state index in [0.717, 1.165) is 41.4 Å². The van der Waals surface area contributed by atoms with E-state index in [1.165, 1.54) is 25.7 Å². The molecule has 1 saturated heterocycles. The fraction of sp³-hybridized carbons (Fsp3) is 0.500. The van der Waals surface area contributed by atoms with Gasteiger partial charge in [0.25, 0.3) is 0 Å². The molecule has 1 aromatic carbocycles. The first-order valence-electron chi connectivity index (χ1n) is 7.53. The van der Waals surface area contributed by atoms with Crippen molar-refractivity contribution < 1.29 is 0 Å². The van der Waals surface area contributed by atoms with Crippen LogP contribution in [-0.4, -0.2) is 23.1 Å². The van der Waals surface area contributed by atoms with Crippen molar-refractivity contribution in [3.8, 4) is 0 Å². The molecule has 0 saturated carbocycles. The molecule has 4 heteroatoms. The Kier molecular flexibility index (Phi) is 3.72. The Hall–Kier alpha value is -1.84. The Morgan fingerprint density at radius 1 is 1.25 bits per heavy atom. The van der Waals surface area contributed by atoms with Gasteiger partial charge in [-0.05, 0) is 43.4 Å². The van der Waals surface area contributed by atoms with E-state index in [-0.39, 0.29) is 0 Å². The van der Waals surface area contributed by atoms with Gasteiger partial charge >= 0.3 is 0 Å². The Labute approximate surface area is 120 Å². The summed E-state index contributed by atoms with van der Waals surface area (Å²) in [7, 11) is 0. The third kappa shape index (κ3) is 2.55. The summed E-state index contributed by atoms with van der Waals surface area (Å²) >= 11 is 0. The van der Waals surface area contributed by atoms with Crippen molar-refractivity contribution in [1.82, 2.24) is 9.97 Å². The van der Waals surface area contributed by atoms with Crippen molar-refractivity contribution in [2.75, 3.05) is 23.7 Å². The van der Waals surface area contributed by atoms with E-state index in [1.807, 2.05) is 18.2 Å². The number of nitrogens with two attached hydrogens (primary N) is 1. The van der Waals surface area contributed by atoms with Crippen molar-refractivity contribution >= 4 is 22.4 Å². The summed E-state index contributed by atoms with van der Waals surface area (Å²) in [6.45, 7) is 4.48. The summed E-state index contributed by atoms with van der Waals surface area (Å²) in [5.74, 6) is 1.93. The van der Waals surface area contributed by atoms with Gasteiger partial charge < -0.3 is 10.6 Å². The van der Waals surface area contributed by atoms with Crippen LogP contribution in [0.2, 0.25) is 0 Å². The average Bonchev–Trinajstić information content (AvgIpc) is 2.71. The molecule has 1 aromatic heterocycles. The lowest BCUT2D eigenvalue weighted by molar-refractivity contribution is 0.459. The molecule has 1 aliphatic rings. The van der Waals surface area contributed by atoms with Crippen LogP contribution in [0.15, 0.2) is 24.5 Å². The topological polar surface area (TPSA) is 55.0 Å². The fourth-order valence-electron chi connectivity index (χ4n) is 3.10. The zero-order chi connectivity index (χ0) is 13.9. The molecule has 0 aliphatic carbocycles. The van der Waals surface area contributed by atoms with Crippen LogP contribution in [0, 0.1) is 5.92 Å². The smallest absolute Gasteiger partial charge is 0.139 e. The Morgan fingerprint density at radius 2 is 2.15 bits per heavy atom. The molecule has 106 valence electrons. The highest BCUT2D eigenvalue weighted by Crippen LogP contribution is 2.28. The number of aromatic nitrogens is 2. The second-order valence-electron chi connectivity index (χ2n) is 5.67. The molecule has 2 heterocycles. The largest absolute Gasteiger partial charge is 0.399 e. The number of fused-ring (bicyclic) bond motifs is 1. The lowest BCUT2D eigenvalue weighted by Gasteiger charge is -2.23. The van der Waals surface area contributed by atoms with Crippen molar-refractivity contribution in [2.24, 2.45) is 5.92 Å². The molecule has 0 spiro atoms. The van der Waals surface area contributed by atoms with E-state index in [9.17, 15) is 0 Å². The molecule has 0 radical (unpaired) electrons. The Balaban J connectivity index is 1.93. The van der Waals surface area contributed by atoms with Crippen molar-refractivity contribution in [2.45, 2.75) is 32.6 Å². The summed E-state index contributed by atoms with van der Waals surface area (Å²) in [6.07, 6.45) is 6.78. The minimum Gasteiger partial charge on any atom is -0.399 e. The van der Waals surface area contributed by atoms with Gasteiger partial charge in [0.15, 0.2) is 0 Å². The number of benzene rings is 1.